The van der Waals surface area contributed by atoms with E-state index in [2.05, 4.69) is 16.0 Å². The Kier molecular flexibility index (Phi) is 5.81. The predicted octanol–water partition coefficient (Wildman–Crippen LogP) is 1.36. The maximum Gasteiger partial charge on any atom is 0.265 e. The third-order valence-electron chi connectivity index (χ3n) is 3.51. The summed E-state index contributed by atoms with van der Waals surface area (Å²) < 4.78 is 10.4. The Balaban J connectivity index is 1.91. The van der Waals surface area contributed by atoms with Crippen molar-refractivity contribution in [3.63, 3.8) is 0 Å². The van der Waals surface area contributed by atoms with Gasteiger partial charge in [-0.05, 0) is 38.5 Å². The average molecular weight is 321 g/mol. The molecule has 0 bridgehead atoms. The highest BCUT2D eigenvalue weighted by Crippen LogP contribution is 2.32. The monoisotopic (exact) mass is 321 g/mol. The minimum absolute atomic E-state index is 0.0901. The minimum atomic E-state index is -0.502. The number of anilines is 2. The molecular weight excluding hydrogens is 298 g/mol. The zero-order valence-corrected chi connectivity index (χ0v) is 13.6. The number of nitrogens with one attached hydrogen (secondary N) is 3. The van der Waals surface area contributed by atoms with Crippen LogP contribution in [0.3, 0.4) is 0 Å². The van der Waals surface area contributed by atoms with Gasteiger partial charge in [0, 0.05) is 25.9 Å². The van der Waals surface area contributed by atoms with E-state index in [-0.39, 0.29) is 11.8 Å². The van der Waals surface area contributed by atoms with Crippen molar-refractivity contribution in [1.29, 1.82) is 0 Å². The zero-order valence-electron chi connectivity index (χ0n) is 13.6. The molecule has 1 aliphatic rings. The molecule has 1 aliphatic heterocycles. The number of carbonyl (C=O) groups is 2. The van der Waals surface area contributed by atoms with E-state index >= 15 is 0 Å². The van der Waals surface area contributed by atoms with Gasteiger partial charge < -0.3 is 25.4 Å². The fraction of sp³-hybridized carbons (Fsp3) is 0.500. The fourth-order valence-corrected chi connectivity index (χ4v) is 2.20. The van der Waals surface area contributed by atoms with E-state index in [1.54, 1.807) is 33.1 Å². The molecule has 0 aromatic heterocycles. The van der Waals surface area contributed by atoms with Gasteiger partial charge in [0.15, 0.2) is 6.10 Å². The molecule has 2 atom stereocenters. The van der Waals surface area contributed by atoms with Crippen molar-refractivity contribution in [2.75, 3.05) is 30.9 Å². The SMILES string of the molecule is COCCCNC(=O)[C@@H](C)Nc1ccc2c(c1)NC(=O)[C@@H](C)O2. The molecule has 0 aliphatic carbocycles. The molecule has 7 nitrogen and oxygen atoms in total. The molecule has 3 N–H and O–H groups in total. The molecule has 7 heteroatoms. The molecule has 126 valence electrons. The van der Waals surface area contributed by atoms with Gasteiger partial charge in [0.1, 0.15) is 11.8 Å². The summed E-state index contributed by atoms with van der Waals surface area (Å²) in [5, 5.41) is 8.73. The summed E-state index contributed by atoms with van der Waals surface area (Å²) in [6, 6.07) is 4.96. The smallest absolute Gasteiger partial charge is 0.265 e. The van der Waals surface area contributed by atoms with E-state index in [1.807, 2.05) is 6.07 Å². The van der Waals surface area contributed by atoms with Crippen LogP contribution in [0.1, 0.15) is 20.3 Å². The lowest BCUT2D eigenvalue weighted by Gasteiger charge is -2.24. The van der Waals surface area contributed by atoms with Gasteiger partial charge >= 0.3 is 0 Å². The first-order valence-corrected chi connectivity index (χ1v) is 7.66. The second-order valence-electron chi connectivity index (χ2n) is 5.46. The van der Waals surface area contributed by atoms with Crippen molar-refractivity contribution in [2.45, 2.75) is 32.4 Å². The first kappa shape index (κ1) is 17.1. The number of hydrogen-bond acceptors (Lipinski definition) is 5. The van der Waals surface area contributed by atoms with Crippen molar-refractivity contribution in [3.05, 3.63) is 18.2 Å². The van der Waals surface area contributed by atoms with E-state index in [4.69, 9.17) is 9.47 Å². The van der Waals surface area contributed by atoms with Gasteiger partial charge in [0.2, 0.25) is 5.91 Å². The van der Waals surface area contributed by atoms with Gasteiger partial charge in [-0.2, -0.15) is 0 Å². The Morgan fingerprint density at radius 3 is 3.00 bits per heavy atom. The van der Waals surface area contributed by atoms with E-state index in [0.717, 1.165) is 12.1 Å². The molecule has 0 spiro atoms. The number of hydrogen-bond donors (Lipinski definition) is 3. The zero-order chi connectivity index (χ0) is 16.8. The van der Waals surface area contributed by atoms with Crippen LogP contribution in [-0.2, 0) is 14.3 Å². The van der Waals surface area contributed by atoms with Crippen LogP contribution in [0, 0.1) is 0 Å². The number of fused-ring (bicyclic) bond motifs is 1. The lowest BCUT2D eigenvalue weighted by molar-refractivity contribution is -0.123. The predicted molar refractivity (Wildman–Crippen MR) is 87.7 cm³/mol. The van der Waals surface area contributed by atoms with Gasteiger partial charge in [-0.25, -0.2) is 0 Å². The van der Waals surface area contributed by atoms with Crippen LogP contribution in [-0.4, -0.2) is 44.2 Å². The molecule has 2 amide bonds. The number of methoxy groups -OCH3 is 1. The molecule has 1 aromatic rings. The molecule has 2 rings (SSSR count). The van der Waals surface area contributed by atoms with Crippen molar-refractivity contribution in [1.82, 2.24) is 5.32 Å². The van der Waals surface area contributed by atoms with E-state index < -0.39 is 12.1 Å². The first-order chi connectivity index (χ1) is 11.0. The second kappa shape index (κ2) is 7.82. The lowest BCUT2D eigenvalue weighted by Crippen LogP contribution is -2.38. The third kappa shape index (κ3) is 4.59. The van der Waals surface area contributed by atoms with Crippen LogP contribution in [0.15, 0.2) is 18.2 Å². The molecule has 23 heavy (non-hydrogen) atoms. The maximum atomic E-state index is 12.0. The maximum absolute atomic E-state index is 12.0. The molecular formula is C16H23N3O4. The van der Waals surface area contributed by atoms with E-state index in [9.17, 15) is 9.59 Å². The summed E-state index contributed by atoms with van der Waals surface area (Å²) in [5.41, 5.74) is 1.34. The van der Waals surface area contributed by atoms with Crippen LogP contribution in [0.2, 0.25) is 0 Å². The van der Waals surface area contributed by atoms with Gasteiger partial charge in [-0.3, -0.25) is 9.59 Å². The highest BCUT2D eigenvalue weighted by molar-refractivity contribution is 5.98. The normalized spacial score (nSPS) is 17.5. The minimum Gasteiger partial charge on any atom is -0.479 e. The Bertz CT molecular complexity index is 576. The molecule has 0 saturated heterocycles. The summed E-state index contributed by atoms with van der Waals surface area (Å²) in [5.74, 6) is 0.352. The summed E-state index contributed by atoms with van der Waals surface area (Å²) in [6.45, 7) is 4.67. The quantitative estimate of drug-likeness (QED) is 0.660. The molecule has 0 saturated carbocycles. The Morgan fingerprint density at radius 1 is 1.48 bits per heavy atom. The molecule has 0 radical (unpaired) electrons. The number of amides is 2. The van der Waals surface area contributed by atoms with Gasteiger partial charge in [0.05, 0.1) is 5.69 Å². The largest absolute Gasteiger partial charge is 0.479 e. The van der Waals surface area contributed by atoms with E-state index in [0.29, 0.717) is 24.6 Å². The molecule has 0 unspecified atom stereocenters. The molecule has 1 heterocycles. The molecule has 1 aromatic carbocycles. The van der Waals surface area contributed by atoms with Crippen molar-refractivity contribution < 1.29 is 19.1 Å². The van der Waals surface area contributed by atoms with Gasteiger partial charge in [-0.1, -0.05) is 0 Å². The topological polar surface area (TPSA) is 88.7 Å². The highest BCUT2D eigenvalue weighted by Gasteiger charge is 2.23. The fourth-order valence-electron chi connectivity index (χ4n) is 2.20. The first-order valence-electron chi connectivity index (χ1n) is 7.66. The average Bonchev–Trinajstić information content (AvgIpc) is 2.52. The summed E-state index contributed by atoms with van der Waals surface area (Å²) >= 11 is 0. The molecule has 0 fully saturated rings. The standard InChI is InChI=1S/C16H23N3O4/c1-10(15(20)17-7-4-8-22-3)18-12-5-6-14-13(9-12)19-16(21)11(2)23-14/h5-6,9-11,18H,4,7-8H2,1-3H3,(H,17,20)(H,19,21)/t10-,11-/m1/s1. The van der Waals surface area contributed by atoms with Crippen LogP contribution >= 0.6 is 0 Å². The number of benzene rings is 1. The Morgan fingerprint density at radius 2 is 2.26 bits per heavy atom. The Hall–Kier alpha value is -2.28. The summed E-state index contributed by atoms with van der Waals surface area (Å²) in [4.78, 5) is 23.6. The highest BCUT2D eigenvalue weighted by atomic mass is 16.5. The van der Waals surface area contributed by atoms with Crippen molar-refractivity contribution in [3.8, 4) is 5.75 Å². The van der Waals surface area contributed by atoms with Gasteiger partial charge in [-0.15, -0.1) is 0 Å². The summed E-state index contributed by atoms with van der Waals surface area (Å²) in [7, 11) is 1.63. The van der Waals surface area contributed by atoms with Crippen molar-refractivity contribution >= 4 is 23.2 Å². The van der Waals surface area contributed by atoms with Crippen LogP contribution in [0.25, 0.3) is 0 Å². The third-order valence-corrected chi connectivity index (χ3v) is 3.51. The Labute approximate surface area is 135 Å². The number of rotatable bonds is 7. The number of carbonyl (C=O) groups excluding carboxylic acids is 2. The number of ether oxygens (including phenoxy) is 2. The second-order valence-corrected chi connectivity index (χ2v) is 5.46. The van der Waals surface area contributed by atoms with Crippen LogP contribution in [0.4, 0.5) is 11.4 Å². The van der Waals surface area contributed by atoms with Crippen molar-refractivity contribution in [2.24, 2.45) is 0 Å². The van der Waals surface area contributed by atoms with Gasteiger partial charge in [0.25, 0.3) is 5.91 Å². The summed E-state index contributed by atoms with van der Waals surface area (Å²) in [6.07, 6.45) is 0.271. The van der Waals surface area contributed by atoms with Crippen LogP contribution < -0.4 is 20.7 Å². The lowest BCUT2D eigenvalue weighted by atomic mass is 10.2. The van der Waals surface area contributed by atoms with Crippen LogP contribution in [0.5, 0.6) is 5.75 Å². The van der Waals surface area contributed by atoms with E-state index in [1.165, 1.54) is 0 Å².